The quantitative estimate of drug-likeness (QED) is 0.843. The van der Waals surface area contributed by atoms with Gasteiger partial charge in [0.05, 0.1) is 0 Å². The van der Waals surface area contributed by atoms with Gasteiger partial charge in [-0.15, -0.1) is 0 Å². The van der Waals surface area contributed by atoms with E-state index in [-0.39, 0.29) is 0 Å². The molecule has 1 aliphatic heterocycles. The first-order valence-corrected chi connectivity index (χ1v) is 9.57. The lowest BCUT2D eigenvalue weighted by Crippen LogP contribution is -2.50. The van der Waals surface area contributed by atoms with Gasteiger partial charge in [-0.2, -0.15) is 12.7 Å². The highest BCUT2D eigenvalue weighted by Gasteiger charge is 2.39. The highest BCUT2D eigenvalue weighted by molar-refractivity contribution is 7.87. The molecule has 0 atom stereocenters. The van der Waals surface area contributed by atoms with Crippen LogP contribution in [0.3, 0.4) is 0 Å². The van der Waals surface area contributed by atoms with Gasteiger partial charge < -0.3 is 4.74 Å². The summed E-state index contributed by atoms with van der Waals surface area (Å²) in [6.07, 6.45) is 7.09. The molecule has 1 saturated carbocycles. The molecule has 128 valence electrons. The minimum Gasteiger partial charge on any atom is -0.443 e. The number of carbonyl (C=O) groups is 1. The first-order valence-electron chi connectivity index (χ1n) is 8.13. The van der Waals surface area contributed by atoms with E-state index in [9.17, 15) is 13.2 Å². The minimum atomic E-state index is -3.80. The number of amides is 1. The average Bonchev–Trinajstić information content (AvgIpc) is 2.37. The van der Waals surface area contributed by atoms with Crippen molar-refractivity contribution in [3.8, 4) is 0 Å². The summed E-state index contributed by atoms with van der Waals surface area (Å²) in [4.78, 5) is 11.7. The van der Waals surface area contributed by atoms with Crippen molar-refractivity contribution in [2.24, 2.45) is 5.41 Å². The molecule has 0 aromatic carbocycles. The van der Waals surface area contributed by atoms with Crippen LogP contribution in [-0.2, 0) is 14.9 Å². The lowest BCUT2D eigenvalue weighted by atomic mass is 9.68. The van der Waals surface area contributed by atoms with E-state index in [0.29, 0.717) is 18.5 Å². The van der Waals surface area contributed by atoms with Crippen LogP contribution >= 0.6 is 0 Å². The molecule has 1 heterocycles. The summed E-state index contributed by atoms with van der Waals surface area (Å²) in [6, 6.07) is 0. The van der Waals surface area contributed by atoms with Gasteiger partial charge in [0.25, 0.3) is 0 Å². The van der Waals surface area contributed by atoms with E-state index in [1.807, 2.05) is 4.72 Å². The number of ether oxygens (including phenoxy) is 1. The third kappa shape index (κ3) is 4.59. The molecule has 0 radical (unpaired) electrons. The lowest BCUT2D eigenvalue weighted by Gasteiger charge is -2.43. The SMILES string of the molecule is CC(C)(C)OC(=O)NS(=O)(=O)N1CCC2(CCCCC2)CC1. The molecule has 7 heteroatoms. The number of hydrogen-bond donors (Lipinski definition) is 1. The highest BCUT2D eigenvalue weighted by atomic mass is 32.2. The van der Waals surface area contributed by atoms with Gasteiger partial charge in [0.2, 0.25) is 0 Å². The van der Waals surface area contributed by atoms with Crippen LogP contribution < -0.4 is 4.72 Å². The number of piperidine rings is 1. The van der Waals surface area contributed by atoms with Gasteiger partial charge in [0, 0.05) is 13.1 Å². The highest BCUT2D eigenvalue weighted by Crippen LogP contribution is 2.44. The second-order valence-electron chi connectivity index (χ2n) is 7.57. The van der Waals surface area contributed by atoms with E-state index >= 15 is 0 Å². The van der Waals surface area contributed by atoms with Crippen LogP contribution in [0.1, 0.15) is 65.7 Å². The molecule has 0 bridgehead atoms. The maximum absolute atomic E-state index is 12.3. The van der Waals surface area contributed by atoms with E-state index < -0.39 is 21.9 Å². The van der Waals surface area contributed by atoms with Crippen molar-refractivity contribution in [1.29, 1.82) is 0 Å². The molecule has 6 nitrogen and oxygen atoms in total. The third-order valence-corrected chi connectivity index (χ3v) is 6.12. The minimum absolute atomic E-state index is 0.330. The molecule has 1 amide bonds. The zero-order chi connectivity index (χ0) is 16.4. The normalized spacial score (nSPS) is 23.2. The Morgan fingerprint density at radius 1 is 1.05 bits per heavy atom. The Morgan fingerprint density at radius 3 is 2.09 bits per heavy atom. The van der Waals surface area contributed by atoms with Crippen LogP contribution in [0.4, 0.5) is 4.79 Å². The van der Waals surface area contributed by atoms with E-state index in [1.165, 1.54) is 36.4 Å². The van der Waals surface area contributed by atoms with Crippen molar-refractivity contribution in [2.45, 2.75) is 71.3 Å². The Bertz CT molecular complexity index is 494. The van der Waals surface area contributed by atoms with Crippen molar-refractivity contribution in [2.75, 3.05) is 13.1 Å². The van der Waals surface area contributed by atoms with Crippen molar-refractivity contribution >= 4 is 16.3 Å². The van der Waals surface area contributed by atoms with Crippen LogP contribution in [0.2, 0.25) is 0 Å². The van der Waals surface area contributed by atoms with Gasteiger partial charge in [-0.1, -0.05) is 19.3 Å². The number of rotatable bonds is 2. The fourth-order valence-electron chi connectivity index (χ4n) is 3.47. The molecule has 0 aromatic rings. The molecule has 22 heavy (non-hydrogen) atoms. The predicted molar refractivity (Wildman–Crippen MR) is 84.6 cm³/mol. The maximum Gasteiger partial charge on any atom is 0.422 e. The van der Waals surface area contributed by atoms with E-state index in [1.54, 1.807) is 20.8 Å². The molecule has 1 N–H and O–H groups in total. The monoisotopic (exact) mass is 332 g/mol. The van der Waals surface area contributed by atoms with Crippen LogP contribution in [-0.4, -0.2) is 37.5 Å². The zero-order valence-electron chi connectivity index (χ0n) is 13.9. The van der Waals surface area contributed by atoms with Crippen LogP contribution in [0.25, 0.3) is 0 Å². The van der Waals surface area contributed by atoms with Crippen molar-refractivity contribution < 1.29 is 17.9 Å². The second kappa shape index (κ2) is 6.35. The van der Waals surface area contributed by atoms with Gasteiger partial charge in [-0.25, -0.2) is 9.52 Å². The standard InChI is InChI=1S/C15H28N2O4S/c1-14(2,3)21-13(18)16-22(19,20)17-11-9-15(10-12-17)7-5-4-6-8-15/h4-12H2,1-3H3,(H,16,18). The van der Waals surface area contributed by atoms with Crippen molar-refractivity contribution in [1.82, 2.24) is 9.03 Å². The van der Waals surface area contributed by atoms with Crippen molar-refractivity contribution in [3.05, 3.63) is 0 Å². The average molecular weight is 332 g/mol. The van der Waals surface area contributed by atoms with Crippen molar-refractivity contribution in [3.63, 3.8) is 0 Å². The summed E-state index contributed by atoms with van der Waals surface area (Å²) < 4.78 is 32.9. The van der Waals surface area contributed by atoms with Crippen LogP contribution in [0, 0.1) is 5.41 Å². The van der Waals surface area contributed by atoms with E-state index in [2.05, 4.69) is 0 Å². The summed E-state index contributed by atoms with van der Waals surface area (Å²) in [5, 5.41) is 0. The maximum atomic E-state index is 12.3. The molecule has 2 aliphatic rings. The Hall–Kier alpha value is -0.820. The summed E-state index contributed by atoms with van der Waals surface area (Å²) in [5.74, 6) is 0. The Kier molecular flexibility index (Phi) is 5.06. The molecule has 1 spiro atoms. The second-order valence-corrected chi connectivity index (χ2v) is 9.24. The summed E-state index contributed by atoms with van der Waals surface area (Å²) in [7, 11) is -3.80. The van der Waals surface area contributed by atoms with Crippen LogP contribution in [0.15, 0.2) is 0 Å². The molecular formula is C15H28N2O4S. The summed E-state index contributed by atoms with van der Waals surface area (Å²) in [6.45, 7) is 6.07. The molecule has 0 unspecified atom stereocenters. The fraction of sp³-hybridized carbons (Fsp3) is 0.933. The Labute approximate surface area is 133 Å². The first kappa shape index (κ1) is 17.5. The number of hydrogen-bond acceptors (Lipinski definition) is 4. The lowest BCUT2D eigenvalue weighted by molar-refractivity contribution is 0.0562. The summed E-state index contributed by atoms with van der Waals surface area (Å²) in [5.41, 5.74) is -0.385. The number of carbonyl (C=O) groups excluding carboxylic acids is 1. The molecule has 1 saturated heterocycles. The molecule has 1 aliphatic carbocycles. The Balaban J connectivity index is 1.90. The molecular weight excluding hydrogens is 304 g/mol. The first-order chi connectivity index (χ1) is 10.1. The smallest absolute Gasteiger partial charge is 0.422 e. The Morgan fingerprint density at radius 2 is 1.59 bits per heavy atom. The van der Waals surface area contributed by atoms with Gasteiger partial charge in [0.15, 0.2) is 0 Å². The molecule has 2 rings (SSSR count). The fourth-order valence-corrected chi connectivity index (χ4v) is 4.52. The van der Waals surface area contributed by atoms with E-state index in [4.69, 9.17) is 4.74 Å². The summed E-state index contributed by atoms with van der Waals surface area (Å²) >= 11 is 0. The van der Waals surface area contributed by atoms with Gasteiger partial charge in [-0.3, -0.25) is 0 Å². The van der Waals surface area contributed by atoms with E-state index in [0.717, 1.165) is 12.8 Å². The van der Waals surface area contributed by atoms with Crippen LogP contribution in [0.5, 0.6) is 0 Å². The largest absolute Gasteiger partial charge is 0.443 e. The molecule has 2 fully saturated rings. The third-order valence-electron chi connectivity index (χ3n) is 4.65. The van der Waals surface area contributed by atoms with Gasteiger partial charge in [0.1, 0.15) is 5.60 Å². The number of nitrogens with zero attached hydrogens (tertiary/aromatic N) is 1. The van der Waals surface area contributed by atoms with Gasteiger partial charge in [-0.05, 0) is 51.9 Å². The number of nitrogens with one attached hydrogen (secondary N) is 1. The predicted octanol–water partition coefficient (Wildman–Crippen LogP) is 2.80. The van der Waals surface area contributed by atoms with Gasteiger partial charge >= 0.3 is 16.3 Å². The topological polar surface area (TPSA) is 75.7 Å². The zero-order valence-corrected chi connectivity index (χ0v) is 14.7. The molecule has 0 aromatic heterocycles.